The number of fused-ring (bicyclic) bond motifs is 3. The fraction of sp³-hybridized carbons (Fsp3) is 0.478. The Morgan fingerprint density at radius 1 is 1.15 bits per heavy atom. The Morgan fingerprint density at radius 3 is 2.45 bits per heavy atom. The molecule has 1 amide bonds. The molecule has 4 rings (SSSR count). The second-order valence-electron chi connectivity index (χ2n) is 8.41. The van der Waals surface area contributed by atoms with Crippen LogP contribution in [0.5, 0.6) is 5.75 Å². The smallest absolute Gasteiger partial charge is 0.389 e. The van der Waals surface area contributed by atoms with E-state index >= 15 is 0 Å². The lowest BCUT2D eigenvalue weighted by molar-refractivity contribution is -0.150. The lowest BCUT2D eigenvalue weighted by Gasteiger charge is -2.55. The van der Waals surface area contributed by atoms with Crippen molar-refractivity contribution in [1.29, 1.82) is 0 Å². The summed E-state index contributed by atoms with van der Waals surface area (Å²) in [6, 6.07) is 9.26. The summed E-state index contributed by atoms with van der Waals surface area (Å²) < 4.78 is 47.4. The maximum atomic E-state index is 13.6. The van der Waals surface area contributed by atoms with Crippen LogP contribution in [0.15, 0.2) is 41.2 Å². The number of alkyl halides is 3. The van der Waals surface area contributed by atoms with Crippen LogP contribution in [0.2, 0.25) is 0 Å². The predicted octanol–water partition coefficient (Wildman–Crippen LogP) is 3.54. The molecule has 0 spiro atoms. The second-order valence-corrected chi connectivity index (χ2v) is 8.41. The van der Waals surface area contributed by atoms with Crippen LogP contribution in [0.4, 0.5) is 13.2 Å². The summed E-state index contributed by atoms with van der Waals surface area (Å²) in [6.45, 7) is 1.98. The molecule has 7 nitrogen and oxygen atoms in total. The molecule has 0 bridgehead atoms. The van der Waals surface area contributed by atoms with E-state index in [4.69, 9.17) is 4.74 Å². The highest BCUT2D eigenvalue weighted by molar-refractivity contribution is 5.96. The number of benzene rings is 1. The number of methoxy groups -OCH3 is 1. The number of hydrogen-bond acceptors (Lipinski definition) is 5. The molecule has 1 fully saturated rings. The highest BCUT2D eigenvalue weighted by Gasteiger charge is 2.50. The van der Waals surface area contributed by atoms with Gasteiger partial charge in [0.15, 0.2) is 11.4 Å². The van der Waals surface area contributed by atoms with E-state index < -0.39 is 47.8 Å². The Balaban J connectivity index is 2.00. The number of amides is 1. The average Bonchev–Trinajstić information content (AvgIpc) is 2.76. The Labute approximate surface area is 189 Å². The van der Waals surface area contributed by atoms with Crippen molar-refractivity contribution in [3.8, 4) is 5.75 Å². The number of nitrogens with zero attached hydrogens (tertiary/aromatic N) is 3. The van der Waals surface area contributed by atoms with Crippen molar-refractivity contribution >= 4 is 5.91 Å². The van der Waals surface area contributed by atoms with E-state index in [2.05, 4.69) is 0 Å². The van der Waals surface area contributed by atoms with E-state index in [1.807, 2.05) is 0 Å². The van der Waals surface area contributed by atoms with Crippen LogP contribution in [0, 0.1) is 5.92 Å². The van der Waals surface area contributed by atoms with Gasteiger partial charge < -0.3 is 14.7 Å². The normalized spacial score (nSPS) is 22.8. The van der Waals surface area contributed by atoms with Gasteiger partial charge in [-0.1, -0.05) is 30.3 Å². The van der Waals surface area contributed by atoms with Gasteiger partial charge in [-0.3, -0.25) is 14.6 Å². The van der Waals surface area contributed by atoms with Gasteiger partial charge in [0.05, 0.1) is 18.3 Å². The number of piperidine rings is 1. The number of hydrogen-bond donors (Lipinski definition) is 1. The van der Waals surface area contributed by atoms with Gasteiger partial charge in [-0.25, -0.2) is 4.68 Å². The summed E-state index contributed by atoms with van der Waals surface area (Å²) in [6.07, 6.45) is -5.31. The van der Waals surface area contributed by atoms with Crippen molar-refractivity contribution in [1.82, 2.24) is 9.58 Å². The first kappa shape index (κ1) is 23.2. The van der Waals surface area contributed by atoms with E-state index in [9.17, 15) is 27.9 Å². The van der Waals surface area contributed by atoms with E-state index in [0.717, 1.165) is 0 Å². The molecule has 3 heterocycles. The zero-order valence-electron chi connectivity index (χ0n) is 18.4. The molecule has 10 heteroatoms. The van der Waals surface area contributed by atoms with Crippen molar-refractivity contribution in [3.63, 3.8) is 0 Å². The van der Waals surface area contributed by atoms with Gasteiger partial charge in [-0.15, -0.1) is 0 Å². The third-order valence-electron chi connectivity index (χ3n) is 6.39. The van der Waals surface area contributed by atoms with Crippen molar-refractivity contribution < 1.29 is 27.8 Å². The lowest BCUT2D eigenvalue weighted by atomic mass is 9.81. The molecule has 3 unspecified atom stereocenters. The number of aromatic nitrogens is 1. The largest absolute Gasteiger partial charge is 0.502 e. The molecule has 0 radical (unpaired) electrons. The summed E-state index contributed by atoms with van der Waals surface area (Å²) in [4.78, 5) is 27.3. The fourth-order valence-corrected chi connectivity index (χ4v) is 5.17. The maximum absolute atomic E-state index is 13.6. The van der Waals surface area contributed by atoms with Crippen molar-refractivity contribution in [2.24, 2.45) is 5.92 Å². The first-order chi connectivity index (χ1) is 15.7. The first-order valence-corrected chi connectivity index (χ1v) is 10.9. The van der Waals surface area contributed by atoms with Crippen LogP contribution in [-0.2, 0) is 11.3 Å². The highest BCUT2D eigenvalue weighted by Crippen LogP contribution is 2.46. The van der Waals surface area contributed by atoms with E-state index in [0.29, 0.717) is 12.0 Å². The summed E-state index contributed by atoms with van der Waals surface area (Å²) in [5.41, 5.74) is -0.0372. The summed E-state index contributed by atoms with van der Waals surface area (Å²) in [5.74, 6) is -2.05. The molecule has 1 saturated heterocycles. The quantitative estimate of drug-likeness (QED) is 0.731. The predicted molar refractivity (Wildman–Crippen MR) is 114 cm³/mol. The molecule has 2 aromatic rings. The van der Waals surface area contributed by atoms with Crippen molar-refractivity contribution in [2.75, 3.05) is 18.7 Å². The van der Waals surface area contributed by atoms with Crippen molar-refractivity contribution in [3.05, 3.63) is 63.6 Å². The van der Waals surface area contributed by atoms with Gasteiger partial charge in [0.25, 0.3) is 5.91 Å². The Morgan fingerprint density at radius 2 is 1.85 bits per heavy atom. The molecule has 1 aromatic heterocycles. The zero-order valence-corrected chi connectivity index (χ0v) is 18.4. The average molecular weight is 465 g/mol. The molecule has 0 aliphatic carbocycles. The zero-order chi connectivity index (χ0) is 23.9. The van der Waals surface area contributed by atoms with Gasteiger partial charge in [0.1, 0.15) is 6.17 Å². The van der Waals surface area contributed by atoms with Crippen LogP contribution in [0.1, 0.15) is 54.0 Å². The number of pyridine rings is 1. The number of aromatic hydroxyl groups is 1. The molecule has 178 valence electrons. The summed E-state index contributed by atoms with van der Waals surface area (Å²) in [7, 11) is 1.42. The van der Waals surface area contributed by atoms with Gasteiger partial charge in [0, 0.05) is 26.1 Å². The Kier molecular flexibility index (Phi) is 6.13. The van der Waals surface area contributed by atoms with E-state index in [-0.39, 0.29) is 31.0 Å². The molecule has 3 atom stereocenters. The molecule has 0 saturated carbocycles. The van der Waals surface area contributed by atoms with Crippen LogP contribution in [0.25, 0.3) is 0 Å². The van der Waals surface area contributed by atoms with Crippen LogP contribution in [-0.4, -0.2) is 46.6 Å². The molecule has 1 aromatic carbocycles. The molecule has 2 aliphatic rings. The topological polar surface area (TPSA) is 75.0 Å². The Hall–Kier alpha value is -3.01. The van der Waals surface area contributed by atoms with Crippen LogP contribution in [0.3, 0.4) is 0 Å². The number of carbonyl (C=O) groups excluding carboxylic acids is 1. The minimum atomic E-state index is -4.37. The van der Waals surface area contributed by atoms with Gasteiger partial charge in [-0.05, 0) is 31.2 Å². The van der Waals surface area contributed by atoms with Crippen molar-refractivity contribution in [2.45, 2.75) is 51.2 Å². The third kappa shape index (κ3) is 4.07. The first-order valence-electron chi connectivity index (χ1n) is 10.9. The number of ether oxygens (including phenoxy) is 1. The molecular weight excluding hydrogens is 439 g/mol. The monoisotopic (exact) mass is 465 g/mol. The minimum absolute atomic E-state index is 0.0589. The Bertz CT molecular complexity index is 1090. The summed E-state index contributed by atoms with van der Waals surface area (Å²) in [5, 5.41) is 12.3. The third-order valence-corrected chi connectivity index (χ3v) is 6.39. The number of carbonyl (C=O) groups is 1. The van der Waals surface area contributed by atoms with E-state index in [1.54, 1.807) is 42.3 Å². The fourth-order valence-electron chi connectivity index (χ4n) is 5.17. The van der Waals surface area contributed by atoms with Crippen LogP contribution < -0.4 is 10.4 Å². The number of halogens is 3. The van der Waals surface area contributed by atoms with E-state index in [1.165, 1.54) is 22.8 Å². The minimum Gasteiger partial charge on any atom is -0.502 e. The lowest BCUT2D eigenvalue weighted by Crippen LogP contribution is -2.65. The standard InChI is InChI=1S/C23H26F3N3O4/c1-3-27-18-10-9-15(12-23(24,25)26)19(14-7-5-4-6-8-14)29(18)28-16(13-33-2)11-17(30)21(31)20(28)22(27)32/h4-8,11,15,18-19,31H,3,9-10,12-13H2,1-2H3. The second kappa shape index (κ2) is 8.74. The number of rotatable bonds is 5. The van der Waals surface area contributed by atoms with Gasteiger partial charge in [0.2, 0.25) is 5.43 Å². The maximum Gasteiger partial charge on any atom is 0.389 e. The van der Waals surface area contributed by atoms with Crippen LogP contribution >= 0.6 is 0 Å². The highest BCUT2D eigenvalue weighted by atomic mass is 19.4. The molecule has 2 aliphatic heterocycles. The summed E-state index contributed by atoms with van der Waals surface area (Å²) >= 11 is 0. The van der Waals surface area contributed by atoms with Gasteiger partial charge >= 0.3 is 6.18 Å². The SMILES string of the molecule is CCN1C(=O)c2c(O)c(=O)cc(COC)n2N2C(c3ccccc3)C(CC(F)(F)F)CCC12. The molecule has 1 N–H and O–H groups in total. The molecular formula is C23H26F3N3O4. The van der Waals surface area contributed by atoms with Gasteiger partial charge in [-0.2, -0.15) is 13.2 Å². The molecule has 33 heavy (non-hydrogen) atoms.